The first kappa shape index (κ1) is 22.2. The van der Waals surface area contributed by atoms with Crippen LogP contribution in [-0.2, 0) is 0 Å². The second-order valence-corrected chi connectivity index (χ2v) is 8.15. The summed E-state index contributed by atoms with van der Waals surface area (Å²) in [6, 6.07) is 10.6. The molecule has 1 fully saturated rings. The van der Waals surface area contributed by atoms with E-state index in [1.807, 2.05) is 18.2 Å². The third-order valence-electron chi connectivity index (χ3n) is 6.19. The zero-order valence-electron chi connectivity index (χ0n) is 18.8. The highest BCUT2D eigenvalue weighted by Gasteiger charge is 2.28. The van der Waals surface area contributed by atoms with Gasteiger partial charge in [-0.15, -0.1) is 5.10 Å². The van der Waals surface area contributed by atoms with Crippen LogP contribution < -0.4 is 10.2 Å². The van der Waals surface area contributed by atoms with Crippen LogP contribution in [0.25, 0.3) is 5.65 Å². The number of amides is 1. The maximum Gasteiger partial charge on any atom is 0.271 e. The van der Waals surface area contributed by atoms with Gasteiger partial charge in [0.15, 0.2) is 11.3 Å². The predicted octanol–water partition coefficient (Wildman–Crippen LogP) is 3.67. The summed E-state index contributed by atoms with van der Waals surface area (Å²) in [4.78, 5) is 21.6. The van der Waals surface area contributed by atoms with Crippen molar-refractivity contribution in [2.24, 2.45) is 0 Å². The Balaban J connectivity index is 1.49. The van der Waals surface area contributed by atoms with E-state index in [9.17, 15) is 9.18 Å². The van der Waals surface area contributed by atoms with Gasteiger partial charge in [-0.1, -0.05) is 26.0 Å². The molecule has 3 heterocycles. The number of hydrogen-bond donors (Lipinski definition) is 1. The number of hydrogen-bond acceptors (Lipinski definition) is 5. The molecule has 2 aromatic heterocycles. The fourth-order valence-corrected chi connectivity index (χ4v) is 4.41. The lowest BCUT2D eigenvalue weighted by atomic mass is 10.0. The molecule has 1 amide bonds. The minimum Gasteiger partial charge on any atom is -0.351 e. The van der Waals surface area contributed by atoms with Crippen LogP contribution in [0.5, 0.6) is 0 Å². The van der Waals surface area contributed by atoms with Crippen molar-refractivity contribution in [3.8, 4) is 0 Å². The molecule has 4 rings (SSSR count). The van der Waals surface area contributed by atoms with Gasteiger partial charge in [-0.2, -0.15) is 0 Å². The number of benzene rings is 1. The highest BCUT2D eigenvalue weighted by atomic mass is 19.1. The number of rotatable bonds is 9. The fraction of sp³-hybridized carbons (Fsp3) is 0.458. The van der Waals surface area contributed by atoms with Crippen LogP contribution >= 0.6 is 0 Å². The largest absolute Gasteiger partial charge is 0.351 e. The first-order chi connectivity index (χ1) is 15.6. The molecule has 0 radical (unpaired) electrons. The Kier molecular flexibility index (Phi) is 6.99. The smallest absolute Gasteiger partial charge is 0.271 e. The number of fused-ring (bicyclic) bond motifs is 1. The van der Waals surface area contributed by atoms with Gasteiger partial charge >= 0.3 is 0 Å². The number of halogens is 1. The number of carbonyl (C=O) groups excluding carboxylic acids is 1. The van der Waals surface area contributed by atoms with Crippen molar-refractivity contribution in [2.45, 2.75) is 39.2 Å². The zero-order valence-corrected chi connectivity index (χ0v) is 18.8. The van der Waals surface area contributed by atoms with Crippen LogP contribution in [0.1, 0.15) is 55.2 Å². The number of anilines is 1. The Labute approximate surface area is 188 Å². The molecule has 170 valence electrons. The highest BCUT2D eigenvalue weighted by Crippen LogP contribution is 2.35. The van der Waals surface area contributed by atoms with Gasteiger partial charge in [-0.3, -0.25) is 4.79 Å². The van der Waals surface area contributed by atoms with Gasteiger partial charge in [-0.25, -0.2) is 13.9 Å². The second-order valence-electron chi connectivity index (χ2n) is 8.15. The standard InChI is InChI=1S/C24H31FN6O/c1-3-29(4-2)14-7-13-26-24(32)21-17-27-22-11-12-23(28-31(21)22)30-15-6-10-20(30)18-8-5-9-19(25)16-18/h5,8-9,11-12,16-17,20H,3-4,6-7,10,13-15H2,1-2H3,(H,26,32)/t20-/m0/s1. The molecule has 0 unspecified atom stereocenters. The minimum atomic E-state index is -0.229. The topological polar surface area (TPSA) is 65.8 Å². The average molecular weight is 439 g/mol. The summed E-state index contributed by atoms with van der Waals surface area (Å²) in [5.74, 6) is 0.356. The average Bonchev–Trinajstić information content (AvgIpc) is 3.46. The summed E-state index contributed by atoms with van der Waals surface area (Å²) >= 11 is 0. The summed E-state index contributed by atoms with van der Waals surface area (Å²) < 4.78 is 15.4. The number of aromatic nitrogens is 3. The first-order valence-corrected chi connectivity index (χ1v) is 11.5. The fourth-order valence-electron chi connectivity index (χ4n) is 4.41. The van der Waals surface area contributed by atoms with Crippen molar-refractivity contribution in [2.75, 3.05) is 37.6 Å². The van der Waals surface area contributed by atoms with E-state index in [0.29, 0.717) is 17.9 Å². The molecule has 0 bridgehead atoms. The molecule has 32 heavy (non-hydrogen) atoms. The summed E-state index contributed by atoms with van der Waals surface area (Å²) in [5, 5.41) is 7.73. The van der Waals surface area contributed by atoms with Crippen LogP contribution in [0.3, 0.4) is 0 Å². The molecular weight excluding hydrogens is 407 g/mol. The van der Waals surface area contributed by atoms with Crippen molar-refractivity contribution in [1.82, 2.24) is 24.8 Å². The molecule has 1 N–H and O–H groups in total. The molecule has 0 aliphatic carbocycles. The van der Waals surface area contributed by atoms with Gasteiger partial charge < -0.3 is 15.1 Å². The lowest BCUT2D eigenvalue weighted by molar-refractivity contribution is 0.0945. The minimum absolute atomic E-state index is 0.0662. The van der Waals surface area contributed by atoms with E-state index < -0.39 is 0 Å². The third-order valence-corrected chi connectivity index (χ3v) is 6.19. The normalized spacial score (nSPS) is 16.2. The van der Waals surface area contributed by atoms with Crippen molar-refractivity contribution >= 4 is 17.4 Å². The highest BCUT2D eigenvalue weighted by molar-refractivity contribution is 5.93. The third kappa shape index (κ3) is 4.75. The summed E-state index contributed by atoms with van der Waals surface area (Å²) in [5.41, 5.74) is 2.00. The van der Waals surface area contributed by atoms with Crippen molar-refractivity contribution in [1.29, 1.82) is 0 Å². The van der Waals surface area contributed by atoms with Gasteiger partial charge in [0.2, 0.25) is 0 Å². The van der Waals surface area contributed by atoms with Crippen LogP contribution in [0.15, 0.2) is 42.6 Å². The Bertz CT molecular complexity index is 1060. The first-order valence-electron chi connectivity index (χ1n) is 11.5. The maximum absolute atomic E-state index is 13.8. The molecule has 1 atom stereocenters. The molecular formula is C24H31FN6O. The number of nitrogens with zero attached hydrogens (tertiary/aromatic N) is 5. The van der Waals surface area contributed by atoms with Crippen molar-refractivity contribution < 1.29 is 9.18 Å². The van der Waals surface area contributed by atoms with E-state index in [4.69, 9.17) is 5.10 Å². The van der Waals surface area contributed by atoms with E-state index >= 15 is 0 Å². The van der Waals surface area contributed by atoms with E-state index in [1.54, 1.807) is 22.8 Å². The monoisotopic (exact) mass is 438 g/mol. The van der Waals surface area contributed by atoms with Crippen LogP contribution in [0.2, 0.25) is 0 Å². The van der Waals surface area contributed by atoms with E-state index in [0.717, 1.165) is 56.8 Å². The molecule has 0 spiro atoms. The molecule has 7 nitrogen and oxygen atoms in total. The Morgan fingerprint density at radius 2 is 2.09 bits per heavy atom. The Hall–Kier alpha value is -3.00. The zero-order chi connectivity index (χ0) is 22.5. The lowest BCUT2D eigenvalue weighted by Gasteiger charge is -2.26. The lowest BCUT2D eigenvalue weighted by Crippen LogP contribution is -2.30. The Morgan fingerprint density at radius 1 is 1.25 bits per heavy atom. The van der Waals surface area contributed by atoms with E-state index in [1.165, 1.54) is 6.07 Å². The van der Waals surface area contributed by atoms with Gasteiger partial charge in [0.25, 0.3) is 5.91 Å². The summed E-state index contributed by atoms with van der Waals surface area (Å²) in [6.45, 7) is 8.71. The number of nitrogens with one attached hydrogen (secondary N) is 1. The molecule has 8 heteroatoms. The molecule has 3 aromatic rings. The van der Waals surface area contributed by atoms with Crippen LogP contribution in [0, 0.1) is 5.82 Å². The van der Waals surface area contributed by atoms with Crippen molar-refractivity contribution in [3.05, 3.63) is 59.7 Å². The predicted molar refractivity (Wildman–Crippen MR) is 123 cm³/mol. The van der Waals surface area contributed by atoms with Gasteiger partial charge in [-0.05, 0) is 68.7 Å². The molecule has 1 saturated heterocycles. The maximum atomic E-state index is 13.8. The van der Waals surface area contributed by atoms with Gasteiger partial charge in [0, 0.05) is 13.1 Å². The molecule has 1 aliphatic rings. The summed E-state index contributed by atoms with van der Waals surface area (Å²) in [6.07, 6.45) is 4.41. The molecule has 0 saturated carbocycles. The van der Waals surface area contributed by atoms with Crippen molar-refractivity contribution in [3.63, 3.8) is 0 Å². The number of carbonyl (C=O) groups is 1. The quantitative estimate of drug-likeness (QED) is 0.517. The SMILES string of the molecule is CCN(CC)CCCNC(=O)c1cnc2ccc(N3CCC[C@H]3c3cccc(F)c3)nn12. The van der Waals surface area contributed by atoms with Gasteiger partial charge in [0.05, 0.1) is 12.2 Å². The molecule has 1 aromatic carbocycles. The molecule has 1 aliphatic heterocycles. The number of imidazole rings is 1. The van der Waals surface area contributed by atoms with E-state index in [-0.39, 0.29) is 17.8 Å². The van der Waals surface area contributed by atoms with Crippen LogP contribution in [-0.4, -0.2) is 58.1 Å². The van der Waals surface area contributed by atoms with Crippen LogP contribution in [0.4, 0.5) is 10.2 Å². The van der Waals surface area contributed by atoms with Gasteiger partial charge in [0.1, 0.15) is 11.6 Å². The summed E-state index contributed by atoms with van der Waals surface area (Å²) in [7, 11) is 0. The Morgan fingerprint density at radius 3 is 2.88 bits per heavy atom. The second kappa shape index (κ2) is 10.1. The van der Waals surface area contributed by atoms with E-state index in [2.05, 4.69) is 33.9 Å².